The number of ether oxygens (including phenoxy) is 1. The van der Waals surface area contributed by atoms with E-state index in [0.717, 1.165) is 27.3 Å². The molecule has 1 heterocycles. The molecule has 1 radical (unpaired) electrons. The minimum absolute atomic E-state index is 0. The fraction of sp³-hybridized carbons (Fsp3) is 0.250. The van der Waals surface area contributed by atoms with Crippen molar-refractivity contribution in [3.8, 4) is 22.8 Å². The van der Waals surface area contributed by atoms with E-state index in [1.54, 1.807) is 7.11 Å². The number of aromatic nitrogens is 2. The van der Waals surface area contributed by atoms with E-state index in [4.69, 9.17) is 4.74 Å². The van der Waals surface area contributed by atoms with Crippen molar-refractivity contribution in [2.75, 3.05) is 26.1 Å². The van der Waals surface area contributed by atoms with Crippen molar-refractivity contribution in [2.45, 2.75) is 13.8 Å². The van der Waals surface area contributed by atoms with Crippen molar-refractivity contribution in [3.05, 3.63) is 58.3 Å². The summed E-state index contributed by atoms with van der Waals surface area (Å²) in [6, 6.07) is 11.5. The Morgan fingerprint density at radius 2 is 1.81 bits per heavy atom. The summed E-state index contributed by atoms with van der Waals surface area (Å²) in [5.41, 5.74) is 5.66. The van der Waals surface area contributed by atoms with E-state index in [0.29, 0.717) is 0 Å². The van der Waals surface area contributed by atoms with Gasteiger partial charge in [-0.2, -0.15) is 0 Å². The molecule has 0 N–H and O–H groups in total. The van der Waals surface area contributed by atoms with Gasteiger partial charge in [-0.3, -0.25) is 4.98 Å². The average molecular weight is 592 g/mol. The van der Waals surface area contributed by atoms with Gasteiger partial charge < -0.3 is 14.2 Å². The minimum atomic E-state index is 0. The van der Waals surface area contributed by atoms with Crippen molar-refractivity contribution < 1.29 is 24.8 Å². The van der Waals surface area contributed by atoms with Gasteiger partial charge in [-0.25, -0.2) is 0 Å². The van der Waals surface area contributed by atoms with E-state index < -0.39 is 0 Å². The molecular weight excluding hydrogens is 570 g/mol. The Kier molecular flexibility index (Phi) is 6.67. The number of imidazole rings is 1. The first-order chi connectivity index (χ1) is 11.9. The van der Waals surface area contributed by atoms with E-state index in [1.807, 2.05) is 24.5 Å². The molecule has 0 fully saturated rings. The predicted octanol–water partition coefficient (Wildman–Crippen LogP) is 4.79. The molecule has 0 aliphatic heterocycles. The molecule has 0 spiro atoms. The second-order valence-corrected chi connectivity index (χ2v) is 7.06. The third kappa shape index (κ3) is 3.87. The first kappa shape index (κ1) is 20.7. The van der Waals surface area contributed by atoms with Crippen LogP contribution in [0, 0.1) is 19.9 Å². The van der Waals surface area contributed by atoms with Gasteiger partial charge in [-0.05, 0) is 41.6 Å². The maximum absolute atomic E-state index is 5.30. The molecule has 0 atom stereocenters. The Morgan fingerprint density at radius 1 is 1.15 bits per heavy atom. The Balaban J connectivity index is 0.00000243. The molecule has 3 aromatic rings. The predicted molar refractivity (Wildman–Crippen MR) is 106 cm³/mol. The number of aryl methyl sites for hydroxylation is 2. The smallest absolute Gasteiger partial charge is 0.0648 e. The molecular formula is C20H21BrIrN3O-. The van der Waals surface area contributed by atoms with Gasteiger partial charge in [-0.15, -0.1) is 23.8 Å². The molecule has 6 heteroatoms. The van der Waals surface area contributed by atoms with E-state index in [9.17, 15) is 0 Å². The summed E-state index contributed by atoms with van der Waals surface area (Å²) in [7, 11) is 5.76. The summed E-state index contributed by atoms with van der Waals surface area (Å²) in [6.45, 7) is 4.26. The maximum Gasteiger partial charge on any atom is 0.0648 e. The summed E-state index contributed by atoms with van der Waals surface area (Å²) >= 11 is 3.54. The zero-order chi connectivity index (χ0) is 18.1. The van der Waals surface area contributed by atoms with Crippen molar-refractivity contribution >= 4 is 21.6 Å². The largest absolute Gasteiger partial charge is 0.539 e. The summed E-state index contributed by atoms with van der Waals surface area (Å²) < 4.78 is 8.30. The number of anilines is 1. The van der Waals surface area contributed by atoms with Crippen molar-refractivity contribution in [2.24, 2.45) is 0 Å². The monoisotopic (exact) mass is 591 g/mol. The Labute approximate surface area is 176 Å². The van der Waals surface area contributed by atoms with Crippen LogP contribution in [0.4, 0.5) is 5.69 Å². The third-order valence-electron chi connectivity index (χ3n) is 4.20. The standard InChI is InChI=1S/C20H21BrN3O.Ir/c1-13-10-16(23(3)4)11-14(2)19(13)24-9-8-22-20(24)15-6-7-18(25-5)17(21)12-15;/h7-12H,1-5H3;/q-1;. The van der Waals surface area contributed by atoms with Crippen LogP contribution in [0.5, 0.6) is 5.75 Å². The number of methoxy groups -OCH3 is 1. The molecule has 2 aromatic carbocycles. The topological polar surface area (TPSA) is 30.3 Å². The first-order valence-electron chi connectivity index (χ1n) is 8.00. The van der Waals surface area contributed by atoms with Crippen LogP contribution >= 0.6 is 15.9 Å². The fourth-order valence-corrected chi connectivity index (χ4v) is 3.50. The Hall–Kier alpha value is -1.62. The molecule has 139 valence electrons. The van der Waals surface area contributed by atoms with Crippen molar-refractivity contribution in [1.82, 2.24) is 9.55 Å². The molecule has 0 saturated carbocycles. The molecule has 0 saturated heterocycles. The summed E-state index contributed by atoms with van der Waals surface area (Å²) in [6.07, 6.45) is 3.81. The first-order valence-corrected chi connectivity index (χ1v) is 8.79. The van der Waals surface area contributed by atoms with Gasteiger partial charge in [0.15, 0.2) is 0 Å². The molecule has 26 heavy (non-hydrogen) atoms. The van der Waals surface area contributed by atoms with Crippen molar-refractivity contribution in [3.63, 3.8) is 0 Å². The maximum atomic E-state index is 5.30. The van der Waals surface area contributed by atoms with Gasteiger partial charge in [0.2, 0.25) is 0 Å². The van der Waals surface area contributed by atoms with Gasteiger partial charge in [0.1, 0.15) is 0 Å². The second-order valence-electron chi connectivity index (χ2n) is 6.21. The van der Waals surface area contributed by atoms with E-state index in [2.05, 4.69) is 76.5 Å². The average Bonchev–Trinajstić information content (AvgIpc) is 3.03. The third-order valence-corrected chi connectivity index (χ3v) is 4.82. The van der Waals surface area contributed by atoms with Gasteiger partial charge in [0, 0.05) is 63.7 Å². The van der Waals surface area contributed by atoms with E-state index in [-0.39, 0.29) is 20.1 Å². The normalized spacial score (nSPS) is 10.4. The van der Waals surface area contributed by atoms with Gasteiger partial charge in [0.25, 0.3) is 0 Å². The van der Waals surface area contributed by atoms with Crippen LogP contribution in [-0.2, 0) is 20.1 Å². The summed E-state index contributed by atoms with van der Waals surface area (Å²) in [4.78, 5) is 6.68. The van der Waals surface area contributed by atoms with Gasteiger partial charge in [0.05, 0.1) is 12.9 Å². The molecule has 0 unspecified atom stereocenters. The minimum Gasteiger partial charge on any atom is -0.539 e. The molecule has 0 aliphatic carbocycles. The van der Waals surface area contributed by atoms with E-state index >= 15 is 0 Å². The zero-order valence-electron chi connectivity index (χ0n) is 15.4. The zero-order valence-corrected chi connectivity index (χ0v) is 19.4. The van der Waals surface area contributed by atoms with Crippen LogP contribution in [0.25, 0.3) is 17.1 Å². The molecule has 0 aliphatic rings. The Bertz CT molecular complexity index is 898. The van der Waals surface area contributed by atoms with Crippen LogP contribution in [0.3, 0.4) is 0 Å². The van der Waals surface area contributed by atoms with Crippen LogP contribution in [0.1, 0.15) is 11.1 Å². The van der Waals surface area contributed by atoms with E-state index in [1.165, 1.54) is 16.8 Å². The van der Waals surface area contributed by atoms with Crippen molar-refractivity contribution in [1.29, 1.82) is 0 Å². The van der Waals surface area contributed by atoms with Crippen LogP contribution in [-0.4, -0.2) is 30.8 Å². The number of nitrogens with zero attached hydrogens (tertiary/aromatic N) is 3. The van der Waals surface area contributed by atoms with Crippen LogP contribution < -0.4 is 9.64 Å². The quantitative estimate of drug-likeness (QED) is 0.409. The fourth-order valence-electron chi connectivity index (χ4n) is 2.99. The number of halogens is 1. The van der Waals surface area contributed by atoms with Crippen LogP contribution in [0.15, 0.2) is 41.1 Å². The molecule has 3 rings (SSSR count). The molecule has 0 bridgehead atoms. The Morgan fingerprint density at radius 3 is 2.35 bits per heavy atom. The number of rotatable bonds is 4. The summed E-state index contributed by atoms with van der Waals surface area (Å²) in [5.74, 6) is 1.61. The number of hydrogen-bond acceptors (Lipinski definition) is 3. The summed E-state index contributed by atoms with van der Waals surface area (Å²) in [5, 5.41) is 0. The molecule has 4 nitrogen and oxygen atoms in total. The molecule has 1 aromatic heterocycles. The van der Waals surface area contributed by atoms with Gasteiger partial charge >= 0.3 is 0 Å². The molecule has 0 amide bonds. The number of hydrogen-bond donors (Lipinski definition) is 0. The number of benzene rings is 2. The van der Waals surface area contributed by atoms with Gasteiger partial charge in [-0.1, -0.05) is 15.9 Å². The second kappa shape index (κ2) is 8.38. The SMILES string of the molecule is COc1c[c-]c(-c2nccn2-c2c(C)cc(N(C)C)cc2C)cc1Br.[Ir]. The van der Waals surface area contributed by atoms with Crippen LogP contribution in [0.2, 0.25) is 0 Å².